The molecule has 0 N–H and O–H groups in total. The molecule has 1 aromatic heterocycles. The van der Waals surface area contributed by atoms with Crippen LogP contribution in [-0.4, -0.2) is 31.3 Å². The number of hydrogen-bond acceptors (Lipinski definition) is 6. The Morgan fingerprint density at radius 3 is 2.38 bits per heavy atom. The highest BCUT2D eigenvalue weighted by molar-refractivity contribution is 7.09. The van der Waals surface area contributed by atoms with Crippen LogP contribution in [-0.2, 0) is 27.2 Å². The van der Waals surface area contributed by atoms with Crippen LogP contribution in [0.1, 0.15) is 49.2 Å². The van der Waals surface area contributed by atoms with Crippen LogP contribution in [0, 0.1) is 13.8 Å². The highest BCUT2D eigenvalue weighted by atomic mass is 32.1. The van der Waals surface area contributed by atoms with Crippen LogP contribution in [0.25, 0.3) is 0 Å². The van der Waals surface area contributed by atoms with Gasteiger partial charge >= 0.3 is 11.9 Å². The second-order valence-electron chi connectivity index (χ2n) is 7.58. The molecule has 0 saturated carbocycles. The second kappa shape index (κ2) is 11.6. The molecule has 1 heterocycles. The molecule has 0 fully saturated rings. The van der Waals surface area contributed by atoms with Gasteiger partial charge in [-0.1, -0.05) is 36.4 Å². The number of benzene rings is 2. The standard InChI is InChI=1S/C26H28O5S/c1-18-8-4-5-11-23(18)25(27)30-14-13-29-19(2)16-21-9-6-12-24(20(21)3)26(28)31-17-22-10-7-15-32-22/h4-12,15,19H,13-14,16-17H2,1-3H3. The molecular formula is C26H28O5S. The van der Waals surface area contributed by atoms with Crippen LogP contribution < -0.4 is 0 Å². The summed E-state index contributed by atoms with van der Waals surface area (Å²) in [5.41, 5.74) is 3.94. The van der Waals surface area contributed by atoms with Gasteiger partial charge in [-0.05, 0) is 67.5 Å². The van der Waals surface area contributed by atoms with Crippen molar-refractivity contribution in [3.05, 3.63) is 92.7 Å². The third-order valence-corrected chi connectivity index (χ3v) is 6.03. The van der Waals surface area contributed by atoms with Crippen LogP contribution in [0.15, 0.2) is 60.0 Å². The lowest BCUT2D eigenvalue weighted by Gasteiger charge is -2.16. The molecule has 1 unspecified atom stereocenters. The molecule has 0 aliphatic carbocycles. The first-order chi connectivity index (χ1) is 15.5. The predicted molar refractivity (Wildman–Crippen MR) is 125 cm³/mol. The number of aryl methyl sites for hydroxylation is 1. The van der Waals surface area contributed by atoms with Gasteiger partial charge in [-0.2, -0.15) is 0 Å². The average Bonchev–Trinajstić information content (AvgIpc) is 3.30. The molecule has 5 nitrogen and oxygen atoms in total. The van der Waals surface area contributed by atoms with Gasteiger partial charge in [0.25, 0.3) is 0 Å². The largest absolute Gasteiger partial charge is 0.460 e. The van der Waals surface area contributed by atoms with Crippen LogP contribution in [0.4, 0.5) is 0 Å². The average molecular weight is 453 g/mol. The third-order valence-electron chi connectivity index (χ3n) is 5.18. The molecule has 0 bridgehead atoms. The van der Waals surface area contributed by atoms with Gasteiger partial charge in [0, 0.05) is 4.88 Å². The summed E-state index contributed by atoms with van der Waals surface area (Å²) in [6.45, 7) is 6.54. The van der Waals surface area contributed by atoms with Crippen LogP contribution in [0.2, 0.25) is 0 Å². The fraction of sp³-hybridized carbons (Fsp3) is 0.308. The van der Waals surface area contributed by atoms with E-state index >= 15 is 0 Å². The van der Waals surface area contributed by atoms with E-state index in [1.54, 1.807) is 23.5 Å². The maximum absolute atomic E-state index is 12.5. The minimum Gasteiger partial charge on any atom is -0.460 e. The summed E-state index contributed by atoms with van der Waals surface area (Å²) in [6.07, 6.45) is 0.548. The van der Waals surface area contributed by atoms with Gasteiger partial charge in [-0.3, -0.25) is 0 Å². The van der Waals surface area contributed by atoms with Gasteiger partial charge in [0.15, 0.2) is 0 Å². The lowest BCUT2D eigenvalue weighted by Crippen LogP contribution is -2.18. The number of ether oxygens (including phenoxy) is 3. The van der Waals surface area contributed by atoms with E-state index in [-0.39, 0.29) is 31.3 Å². The SMILES string of the molecule is Cc1ccccc1C(=O)OCCOC(C)Cc1cccc(C(=O)OCc2cccs2)c1C. The Balaban J connectivity index is 1.47. The summed E-state index contributed by atoms with van der Waals surface area (Å²) in [5.74, 6) is -0.668. The van der Waals surface area contributed by atoms with E-state index in [0.717, 1.165) is 21.6 Å². The topological polar surface area (TPSA) is 61.8 Å². The smallest absolute Gasteiger partial charge is 0.338 e. The molecule has 0 spiro atoms. The fourth-order valence-electron chi connectivity index (χ4n) is 3.37. The lowest BCUT2D eigenvalue weighted by atomic mass is 9.98. The van der Waals surface area contributed by atoms with E-state index in [1.165, 1.54) is 0 Å². The highest BCUT2D eigenvalue weighted by Gasteiger charge is 2.15. The molecule has 3 rings (SSSR count). The van der Waals surface area contributed by atoms with E-state index in [1.807, 2.05) is 68.6 Å². The second-order valence-corrected chi connectivity index (χ2v) is 8.61. The third kappa shape index (κ3) is 6.52. The first kappa shape index (κ1) is 23.7. The molecule has 1 atom stereocenters. The molecule has 6 heteroatoms. The van der Waals surface area contributed by atoms with E-state index in [9.17, 15) is 9.59 Å². The molecule has 3 aromatic rings. The number of thiophene rings is 1. The number of rotatable bonds is 10. The van der Waals surface area contributed by atoms with Crippen molar-refractivity contribution in [1.82, 2.24) is 0 Å². The summed E-state index contributed by atoms with van der Waals surface area (Å²) >= 11 is 1.56. The highest BCUT2D eigenvalue weighted by Crippen LogP contribution is 2.19. The molecule has 2 aromatic carbocycles. The Bertz CT molecular complexity index is 1040. The van der Waals surface area contributed by atoms with Gasteiger partial charge in [0.2, 0.25) is 0 Å². The fourth-order valence-corrected chi connectivity index (χ4v) is 3.98. The van der Waals surface area contributed by atoms with Crippen molar-refractivity contribution in [2.75, 3.05) is 13.2 Å². The minimum absolute atomic E-state index is 0.0942. The zero-order valence-electron chi connectivity index (χ0n) is 18.6. The molecule has 0 aliphatic heterocycles. The zero-order chi connectivity index (χ0) is 22.9. The molecule has 0 radical (unpaired) electrons. The molecule has 0 saturated heterocycles. The maximum atomic E-state index is 12.5. The van der Waals surface area contributed by atoms with Gasteiger partial charge in [0.1, 0.15) is 13.2 Å². The Kier molecular flexibility index (Phi) is 8.59. The lowest BCUT2D eigenvalue weighted by molar-refractivity contribution is 0.0130. The van der Waals surface area contributed by atoms with Crippen molar-refractivity contribution in [3.8, 4) is 0 Å². The van der Waals surface area contributed by atoms with E-state index in [4.69, 9.17) is 14.2 Å². The predicted octanol–water partition coefficient (Wildman–Crippen LogP) is 5.53. The van der Waals surface area contributed by atoms with E-state index in [0.29, 0.717) is 24.2 Å². The molecule has 0 amide bonds. The van der Waals surface area contributed by atoms with E-state index in [2.05, 4.69) is 0 Å². The number of hydrogen-bond donors (Lipinski definition) is 0. The van der Waals surface area contributed by atoms with Crippen LogP contribution >= 0.6 is 11.3 Å². The van der Waals surface area contributed by atoms with Gasteiger partial charge in [-0.25, -0.2) is 9.59 Å². The first-order valence-corrected chi connectivity index (χ1v) is 11.5. The number of carbonyl (C=O) groups is 2. The van der Waals surface area contributed by atoms with Gasteiger partial charge < -0.3 is 14.2 Å². The summed E-state index contributed by atoms with van der Waals surface area (Å²) in [7, 11) is 0. The monoisotopic (exact) mass is 452 g/mol. The minimum atomic E-state index is -0.344. The normalized spacial score (nSPS) is 11.7. The quantitative estimate of drug-likeness (QED) is 0.299. The van der Waals surface area contributed by atoms with E-state index < -0.39 is 0 Å². The molecular weight excluding hydrogens is 424 g/mol. The molecule has 168 valence electrons. The Hall–Kier alpha value is -2.96. The summed E-state index contributed by atoms with van der Waals surface area (Å²) in [4.78, 5) is 25.7. The van der Waals surface area contributed by atoms with Crippen molar-refractivity contribution in [2.45, 2.75) is 39.9 Å². The van der Waals surface area contributed by atoms with Crippen LogP contribution in [0.5, 0.6) is 0 Å². The van der Waals surface area contributed by atoms with Crippen LogP contribution in [0.3, 0.4) is 0 Å². The summed E-state index contributed by atoms with van der Waals surface area (Å²) in [5, 5.41) is 1.96. The number of carbonyl (C=O) groups excluding carboxylic acids is 2. The Morgan fingerprint density at radius 2 is 1.62 bits per heavy atom. The zero-order valence-corrected chi connectivity index (χ0v) is 19.4. The van der Waals surface area contributed by atoms with Crippen molar-refractivity contribution >= 4 is 23.3 Å². The maximum Gasteiger partial charge on any atom is 0.338 e. The summed E-state index contributed by atoms with van der Waals surface area (Å²) < 4.78 is 16.6. The summed E-state index contributed by atoms with van der Waals surface area (Å²) in [6, 6.07) is 16.8. The van der Waals surface area contributed by atoms with Gasteiger partial charge in [0.05, 0.1) is 23.8 Å². The molecule has 0 aliphatic rings. The van der Waals surface area contributed by atoms with Crippen molar-refractivity contribution in [1.29, 1.82) is 0 Å². The number of esters is 2. The Morgan fingerprint density at radius 1 is 0.875 bits per heavy atom. The van der Waals surface area contributed by atoms with Gasteiger partial charge in [-0.15, -0.1) is 11.3 Å². The van der Waals surface area contributed by atoms with Crippen molar-refractivity contribution in [2.24, 2.45) is 0 Å². The molecule has 32 heavy (non-hydrogen) atoms. The first-order valence-electron chi connectivity index (χ1n) is 10.6. The van der Waals surface area contributed by atoms with Crippen molar-refractivity contribution in [3.63, 3.8) is 0 Å². The van der Waals surface area contributed by atoms with Crippen molar-refractivity contribution < 1.29 is 23.8 Å². The Labute approximate surface area is 192 Å².